The highest BCUT2D eigenvalue weighted by molar-refractivity contribution is 4.77. The fourth-order valence-electron chi connectivity index (χ4n) is 1.22. The van der Waals surface area contributed by atoms with Crippen LogP contribution >= 0.6 is 0 Å². The Balaban J connectivity index is 2.33. The third kappa shape index (κ3) is 1.68. The number of ether oxygens (including phenoxy) is 1. The number of hydrogen-bond acceptors (Lipinski definition) is 3. The molecule has 0 amide bonds. The Bertz CT molecular complexity index is 108. The summed E-state index contributed by atoms with van der Waals surface area (Å²) in [5.74, 6) is 0. The topological polar surface area (TPSA) is 55.5 Å². The Morgan fingerprint density at radius 1 is 1.60 bits per heavy atom. The van der Waals surface area contributed by atoms with Crippen LogP contribution in [-0.2, 0) is 4.74 Å². The molecule has 10 heavy (non-hydrogen) atoms. The standard InChI is InChI=1S/C7H15NO2/c1-5-7(8)3-2-6(4-9)10-5/h5-7,9H,2-4,8H2,1H3. The van der Waals surface area contributed by atoms with Crippen LogP contribution in [0, 0.1) is 0 Å². The summed E-state index contributed by atoms with van der Waals surface area (Å²) in [6.45, 7) is 2.07. The highest BCUT2D eigenvalue weighted by Crippen LogP contribution is 2.16. The van der Waals surface area contributed by atoms with E-state index >= 15 is 0 Å². The fraction of sp³-hybridized carbons (Fsp3) is 1.00. The maximum absolute atomic E-state index is 8.73. The first-order valence-electron chi connectivity index (χ1n) is 3.76. The Kier molecular flexibility index (Phi) is 2.65. The molecule has 1 aliphatic heterocycles. The molecule has 3 atom stereocenters. The molecule has 0 bridgehead atoms. The van der Waals surface area contributed by atoms with Crippen molar-refractivity contribution >= 4 is 0 Å². The summed E-state index contributed by atoms with van der Waals surface area (Å²) in [7, 11) is 0. The van der Waals surface area contributed by atoms with Crippen molar-refractivity contribution < 1.29 is 9.84 Å². The van der Waals surface area contributed by atoms with E-state index in [0.717, 1.165) is 12.8 Å². The predicted molar refractivity (Wildman–Crippen MR) is 38.6 cm³/mol. The van der Waals surface area contributed by atoms with Crippen LogP contribution in [0.1, 0.15) is 19.8 Å². The van der Waals surface area contributed by atoms with Gasteiger partial charge < -0.3 is 15.6 Å². The van der Waals surface area contributed by atoms with E-state index in [9.17, 15) is 0 Å². The highest BCUT2D eigenvalue weighted by atomic mass is 16.5. The Morgan fingerprint density at radius 2 is 2.30 bits per heavy atom. The van der Waals surface area contributed by atoms with Gasteiger partial charge in [0.05, 0.1) is 18.8 Å². The van der Waals surface area contributed by atoms with Gasteiger partial charge in [0.1, 0.15) is 0 Å². The summed E-state index contributed by atoms with van der Waals surface area (Å²) in [5.41, 5.74) is 5.69. The van der Waals surface area contributed by atoms with Gasteiger partial charge in [0.15, 0.2) is 0 Å². The molecular weight excluding hydrogens is 130 g/mol. The lowest BCUT2D eigenvalue weighted by atomic mass is 10.0. The van der Waals surface area contributed by atoms with E-state index in [1.807, 2.05) is 6.92 Å². The van der Waals surface area contributed by atoms with Crippen molar-refractivity contribution in [2.75, 3.05) is 6.61 Å². The molecule has 60 valence electrons. The third-order valence-electron chi connectivity index (χ3n) is 2.04. The van der Waals surface area contributed by atoms with Gasteiger partial charge >= 0.3 is 0 Å². The lowest BCUT2D eigenvalue weighted by Gasteiger charge is -2.31. The van der Waals surface area contributed by atoms with Gasteiger partial charge in [-0.1, -0.05) is 0 Å². The molecule has 0 radical (unpaired) electrons. The van der Waals surface area contributed by atoms with E-state index in [4.69, 9.17) is 15.6 Å². The van der Waals surface area contributed by atoms with Gasteiger partial charge in [-0.3, -0.25) is 0 Å². The van der Waals surface area contributed by atoms with Gasteiger partial charge in [-0.2, -0.15) is 0 Å². The molecule has 1 heterocycles. The van der Waals surface area contributed by atoms with E-state index in [0.29, 0.717) is 0 Å². The molecule has 3 N–H and O–H groups in total. The minimum absolute atomic E-state index is 0.0230. The molecule has 1 fully saturated rings. The van der Waals surface area contributed by atoms with E-state index in [1.165, 1.54) is 0 Å². The van der Waals surface area contributed by atoms with Crippen molar-refractivity contribution in [1.29, 1.82) is 0 Å². The predicted octanol–water partition coefficient (Wildman–Crippen LogP) is -0.126. The van der Waals surface area contributed by atoms with Gasteiger partial charge in [-0.15, -0.1) is 0 Å². The molecule has 0 aromatic rings. The molecule has 0 spiro atoms. The Labute approximate surface area is 61.2 Å². The summed E-state index contributed by atoms with van der Waals surface area (Å²) >= 11 is 0. The zero-order chi connectivity index (χ0) is 7.56. The summed E-state index contributed by atoms with van der Waals surface area (Å²) in [6, 6.07) is 0.155. The van der Waals surface area contributed by atoms with Crippen molar-refractivity contribution in [3.63, 3.8) is 0 Å². The molecule has 0 aliphatic carbocycles. The van der Waals surface area contributed by atoms with E-state index in [1.54, 1.807) is 0 Å². The fourth-order valence-corrected chi connectivity index (χ4v) is 1.22. The quantitative estimate of drug-likeness (QED) is 0.540. The van der Waals surface area contributed by atoms with Crippen LogP contribution < -0.4 is 5.73 Å². The summed E-state index contributed by atoms with van der Waals surface area (Å²) in [5, 5.41) is 8.73. The summed E-state index contributed by atoms with van der Waals surface area (Å²) < 4.78 is 5.37. The van der Waals surface area contributed by atoms with E-state index in [-0.39, 0.29) is 24.9 Å². The SMILES string of the molecule is CC1OC(CO)CCC1N. The number of nitrogens with two attached hydrogens (primary N) is 1. The van der Waals surface area contributed by atoms with Crippen LogP contribution in [0.15, 0.2) is 0 Å². The molecule has 0 saturated carbocycles. The van der Waals surface area contributed by atoms with Gasteiger partial charge in [-0.25, -0.2) is 0 Å². The largest absolute Gasteiger partial charge is 0.394 e. The van der Waals surface area contributed by atoms with Crippen LogP contribution in [0.3, 0.4) is 0 Å². The van der Waals surface area contributed by atoms with Gasteiger partial charge in [0.25, 0.3) is 0 Å². The summed E-state index contributed by atoms with van der Waals surface area (Å²) in [6.07, 6.45) is 1.98. The average molecular weight is 145 g/mol. The van der Waals surface area contributed by atoms with Crippen LogP contribution in [0.25, 0.3) is 0 Å². The van der Waals surface area contributed by atoms with Crippen LogP contribution in [0.4, 0.5) is 0 Å². The second-order valence-corrected chi connectivity index (χ2v) is 2.89. The Hall–Kier alpha value is -0.120. The van der Waals surface area contributed by atoms with Crippen molar-refractivity contribution in [3.05, 3.63) is 0 Å². The molecular formula is C7H15NO2. The molecule has 3 unspecified atom stereocenters. The molecule has 1 rings (SSSR count). The van der Waals surface area contributed by atoms with E-state index in [2.05, 4.69) is 0 Å². The smallest absolute Gasteiger partial charge is 0.0810 e. The van der Waals surface area contributed by atoms with Crippen molar-refractivity contribution in [2.45, 2.75) is 38.0 Å². The van der Waals surface area contributed by atoms with Gasteiger partial charge in [-0.05, 0) is 19.8 Å². The van der Waals surface area contributed by atoms with Crippen LogP contribution in [-0.4, -0.2) is 30.0 Å². The number of rotatable bonds is 1. The second kappa shape index (κ2) is 3.32. The monoisotopic (exact) mass is 145 g/mol. The first-order chi connectivity index (χ1) is 4.74. The lowest BCUT2D eigenvalue weighted by Crippen LogP contribution is -2.43. The number of aliphatic hydroxyl groups is 1. The van der Waals surface area contributed by atoms with E-state index < -0.39 is 0 Å². The molecule has 3 nitrogen and oxygen atoms in total. The maximum Gasteiger partial charge on any atom is 0.0810 e. The zero-order valence-corrected chi connectivity index (χ0v) is 6.29. The molecule has 3 heteroatoms. The van der Waals surface area contributed by atoms with Crippen molar-refractivity contribution in [1.82, 2.24) is 0 Å². The minimum Gasteiger partial charge on any atom is -0.394 e. The molecule has 1 saturated heterocycles. The highest BCUT2D eigenvalue weighted by Gasteiger charge is 2.24. The van der Waals surface area contributed by atoms with Crippen molar-refractivity contribution in [3.8, 4) is 0 Å². The normalized spacial score (nSPS) is 41.7. The Morgan fingerprint density at radius 3 is 2.80 bits per heavy atom. The first kappa shape index (κ1) is 7.98. The molecule has 0 aromatic heterocycles. The second-order valence-electron chi connectivity index (χ2n) is 2.89. The first-order valence-corrected chi connectivity index (χ1v) is 3.76. The lowest BCUT2D eigenvalue weighted by molar-refractivity contribution is -0.0726. The summed E-state index contributed by atoms with van der Waals surface area (Å²) in [4.78, 5) is 0. The van der Waals surface area contributed by atoms with Crippen LogP contribution in [0.2, 0.25) is 0 Å². The van der Waals surface area contributed by atoms with Gasteiger partial charge in [0, 0.05) is 6.04 Å². The van der Waals surface area contributed by atoms with Crippen molar-refractivity contribution in [2.24, 2.45) is 5.73 Å². The maximum atomic E-state index is 8.73. The minimum atomic E-state index is 0.0230. The number of hydrogen-bond donors (Lipinski definition) is 2. The zero-order valence-electron chi connectivity index (χ0n) is 6.29. The average Bonchev–Trinajstić information content (AvgIpc) is 1.95. The molecule has 1 aliphatic rings. The third-order valence-corrected chi connectivity index (χ3v) is 2.04. The molecule has 0 aromatic carbocycles. The number of aliphatic hydroxyl groups excluding tert-OH is 1. The van der Waals surface area contributed by atoms with Gasteiger partial charge in [0.2, 0.25) is 0 Å². The van der Waals surface area contributed by atoms with Crippen LogP contribution in [0.5, 0.6) is 0 Å².